The molecule has 3 heterocycles. The van der Waals surface area contributed by atoms with Crippen LogP contribution in [-0.2, 0) is 13.0 Å². The molecule has 1 fully saturated rings. The molecular formula is C25H30N4O2. The lowest BCUT2D eigenvalue weighted by molar-refractivity contribution is 0.138. The van der Waals surface area contributed by atoms with Crippen molar-refractivity contribution in [3.63, 3.8) is 0 Å². The Balaban J connectivity index is 1.35. The second kappa shape index (κ2) is 8.81. The minimum atomic E-state index is 0.189. The number of rotatable bonds is 6. The zero-order valence-corrected chi connectivity index (χ0v) is 18.1. The van der Waals surface area contributed by atoms with E-state index < -0.39 is 0 Å². The quantitative estimate of drug-likeness (QED) is 0.663. The number of aromatic nitrogens is 2. The Morgan fingerprint density at radius 1 is 1.10 bits per heavy atom. The first-order valence-electron chi connectivity index (χ1n) is 11.3. The monoisotopic (exact) mass is 418 g/mol. The Hall–Kier alpha value is -2.70. The number of likely N-dealkylation sites (tertiary alicyclic amines) is 1. The van der Waals surface area contributed by atoms with Crippen LogP contribution in [0.5, 0.6) is 6.01 Å². The number of aliphatic hydroxyl groups is 1. The van der Waals surface area contributed by atoms with Crippen molar-refractivity contribution in [2.45, 2.75) is 38.8 Å². The summed E-state index contributed by atoms with van der Waals surface area (Å²) in [6.07, 6.45) is 3.19. The number of aliphatic hydroxyl groups excluding tert-OH is 1. The zero-order chi connectivity index (χ0) is 21.2. The molecule has 1 atom stereocenters. The van der Waals surface area contributed by atoms with Crippen molar-refractivity contribution in [1.29, 1.82) is 0 Å². The summed E-state index contributed by atoms with van der Waals surface area (Å²) in [6, 6.07) is 15.9. The highest BCUT2D eigenvalue weighted by Crippen LogP contribution is 2.31. The molecule has 6 heteroatoms. The number of fused-ring (bicyclic) bond motifs is 2. The number of anilines is 1. The normalized spacial score (nSPS) is 19.0. The Morgan fingerprint density at radius 3 is 2.87 bits per heavy atom. The lowest BCUT2D eigenvalue weighted by Crippen LogP contribution is -2.36. The van der Waals surface area contributed by atoms with Crippen molar-refractivity contribution in [3.05, 3.63) is 59.4 Å². The number of ether oxygens (including phenoxy) is 1. The van der Waals surface area contributed by atoms with Crippen LogP contribution in [0.1, 0.15) is 29.8 Å². The van der Waals surface area contributed by atoms with Crippen LogP contribution < -0.4 is 9.64 Å². The van der Waals surface area contributed by atoms with Gasteiger partial charge in [0, 0.05) is 35.9 Å². The maximum absolute atomic E-state index is 9.27. The number of β-amino-alcohol motifs (C(OH)–C–C–N with tert-alkyl or cyclic N) is 1. The molecule has 0 amide bonds. The summed E-state index contributed by atoms with van der Waals surface area (Å²) in [4.78, 5) is 14.2. The van der Waals surface area contributed by atoms with Crippen LogP contribution in [0.3, 0.4) is 0 Å². The van der Waals surface area contributed by atoms with Gasteiger partial charge in [-0.1, -0.05) is 36.4 Å². The number of benzene rings is 2. The van der Waals surface area contributed by atoms with Gasteiger partial charge in [0.05, 0.1) is 18.8 Å². The molecule has 31 heavy (non-hydrogen) atoms. The first kappa shape index (κ1) is 20.2. The minimum absolute atomic E-state index is 0.189. The Bertz CT molecular complexity index is 1070. The van der Waals surface area contributed by atoms with Gasteiger partial charge in [0.2, 0.25) is 0 Å². The summed E-state index contributed by atoms with van der Waals surface area (Å²) in [7, 11) is 0. The third kappa shape index (κ3) is 4.10. The maximum atomic E-state index is 9.27. The molecule has 1 aromatic heterocycles. The van der Waals surface area contributed by atoms with Crippen LogP contribution in [-0.4, -0.2) is 58.9 Å². The van der Waals surface area contributed by atoms with Gasteiger partial charge in [-0.15, -0.1) is 0 Å². The fraction of sp³-hybridized carbons (Fsp3) is 0.440. The fourth-order valence-electron chi connectivity index (χ4n) is 5.02. The van der Waals surface area contributed by atoms with Gasteiger partial charge in [-0.05, 0) is 49.7 Å². The molecule has 3 aromatic rings. The van der Waals surface area contributed by atoms with Crippen molar-refractivity contribution in [1.82, 2.24) is 14.9 Å². The van der Waals surface area contributed by atoms with Gasteiger partial charge in [-0.3, -0.25) is 4.90 Å². The molecule has 2 aliphatic heterocycles. The SMILES string of the molecule is Cc1nc(OC[C@H]2CCCN2CCO)nc2c1CCN(c1cccc3ccccc13)C2. The summed E-state index contributed by atoms with van der Waals surface area (Å²) < 4.78 is 6.06. The van der Waals surface area contributed by atoms with Crippen LogP contribution >= 0.6 is 0 Å². The molecule has 0 aliphatic carbocycles. The summed E-state index contributed by atoms with van der Waals surface area (Å²) in [6.45, 7) is 6.29. The smallest absolute Gasteiger partial charge is 0.316 e. The molecule has 0 radical (unpaired) electrons. The number of aryl methyl sites for hydroxylation is 1. The zero-order valence-electron chi connectivity index (χ0n) is 18.1. The molecule has 0 unspecified atom stereocenters. The maximum Gasteiger partial charge on any atom is 0.316 e. The molecule has 1 saturated heterocycles. The van der Waals surface area contributed by atoms with Crippen molar-refractivity contribution >= 4 is 16.5 Å². The summed E-state index contributed by atoms with van der Waals surface area (Å²) in [5.74, 6) is 0. The molecular weight excluding hydrogens is 388 g/mol. The third-order valence-electron chi connectivity index (χ3n) is 6.65. The van der Waals surface area contributed by atoms with E-state index in [4.69, 9.17) is 9.72 Å². The lowest BCUT2D eigenvalue weighted by Gasteiger charge is -2.31. The Morgan fingerprint density at radius 2 is 1.97 bits per heavy atom. The highest BCUT2D eigenvalue weighted by atomic mass is 16.5. The Kier molecular flexibility index (Phi) is 5.74. The van der Waals surface area contributed by atoms with E-state index in [2.05, 4.69) is 64.2 Å². The highest BCUT2D eigenvalue weighted by molar-refractivity contribution is 5.94. The van der Waals surface area contributed by atoms with Crippen LogP contribution in [0, 0.1) is 6.92 Å². The molecule has 6 nitrogen and oxygen atoms in total. The van der Waals surface area contributed by atoms with E-state index in [1.807, 2.05) is 0 Å². The molecule has 1 N–H and O–H groups in total. The van der Waals surface area contributed by atoms with E-state index >= 15 is 0 Å². The van der Waals surface area contributed by atoms with Crippen molar-refractivity contribution < 1.29 is 9.84 Å². The third-order valence-corrected chi connectivity index (χ3v) is 6.65. The number of hydrogen-bond donors (Lipinski definition) is 1. The van der Waals surface area contributed by atoms with Gasteiger partial charge in [0.15, 0.2) is 0 Å². The van der Waals surface area contributed by atoms with E-state index in [-0.39, 0.29) is 6.61 Å². The molecule has 0 spiro atoms. The van der Waals surface area contributed by atoms with Gasteiger partial charge in [-0.25, -0.2) is 4.98 Å². The number of nitrogens with zero attached hydrogens (tertiary/aromatic N) is 4. The molecule has 5 rings (SSSR count). The number of hydrogen-bond acceptors (Lipinski definition) is 6. The van der Waals surface area contributed by atoms with E-state index in [1.54, 1.807) is 0 Å². The van der Waals surface area contributed by atoms with E-state index in [0.29, 0.717) is 25.2 Å². The van der Waals surface area contributed by atoms with Crippen molar-refractivity contribution in [2.24, 2.45) is 0 Å². The topological polar surface area (TPSA) is 61.7 Å². The molecule has 2 aliphatic rings. The highest BCUT2D eigenvalue weighted by Gasteiger charge is 2.26. The Labute approximate surface area is 183 Å². The standard InChI is InChI=1S/C25H30N4O2/c1-18-21-11-13-29(24-10-4-7-19-6-2-3-9-22(19)24)16-23(21)27-25(26-18)31-17-20-8-5-12-28(20)14-15-30/h2-4,6-7,9-10,20,30H,5,8,11-17H2,1H3/t20-/m1/s1. The summed E-state index contributed by atoms with van der Waals surface area (Å²) in [5, 5.41) is 11.8. The van der Waals surface area contributed by atoms with Crippen LogP contribution in [0.25, 0.3) is 10.8 Å². The minimum Gasteiger partial charge on any atom is -0.462 e. The van der Waals surface area contributed by atoms with Crippen molar-refractivity contribution in [2.75, 3.05) is 37.7 Å². The first-order chi connectivity index (χ1) is 15.2. The van der Waals surface area contributed by atoms with Gasteiger partial charge in [0.1, 0.15) is 6.61 Å². The molecule has 0 bridgehead atoms. The summed E-state index contributed by atoms with van der Waals surface area (Å²) in [5.41, 5.74) is 4.61. The molecule has 162 valence electrons. The average molecular weight is 419 g/mol. The van der Waals surface area contributed by atoms with Gasteiger partial charge in [-0.2, -0.15) is 4.98 Å². The van der Waals surface area contributed by atoms with E-state index in [1.165, 1.54) is 22.0 Å². The van der Waals surface area contributed by atoms with Gasteiger partial charge < -0.3 is 14.7 Å². The second-order valence-electron chi connectivity index (χ2n) is 8.55. The van der Waals surface area contributed by atoms with Crippen LogP contribution in [0.2, 0.25) is 0 Å². The van der Waals surface area contributed by atoms with Crippen LogP contribution in [0.15, 0.2) is 42.5 Å². The molecule has 0 saturated carbocycles. The fourth-order valence-corrected chi connectivity index (χ4v) is 5.02. The largest absolute Gasteiger partial charge is 0.462 e. The van der Waals surface area contributed by atoms with Crippen LogP contribution in [0.4, 0.5) is 5.69 Å². The van der Waals surface area contributed by atoms with Gasteiger partial charge >= 0.3 is 6.01 Å². The van der Waals surface area contributed by atoms with Gasteiger partial charge in [0.25, 0.3) is 0 Å². The average Bonchev–Trinajstić information content (AvgIpc) is 3.24. The van der Waals surface area contributed by atoms with Crippen molar-refractivity contribution in [3.8, 4) is 6.01 Å². The predicted octanol–water partition coefficient (Wildman–Crippen LogP) is 3.34. The molecule has 2 aromatic carbocycles. The van der Waals surface area contributed by atoms with E-state index in [0.717, 1.165) is 50.3 Å². The first-order valence-corrected chi connectivity index (χ1v) is 11.3. The second-order valence-corrected chi connectivity index (χ2v) is 8.55. The van der Waals surface area contributed by atoms with E-state index in [9.17, 15) is 5.11 Å². The lowest BCUT2D eigenvalue weighted by atomic mass is 10.0. The summed E-state index contributed by atoms with van der Waals surface area (Å²) >= 11 is 0. The predicted molar refractivity (Wildman–Crippen MR) is 123 cm³/mol.